The van der Waals surface area contributed by atoms with E-state index in [9.17, 15) is 13.2 Å². The molecule has 0 radical (unpaired) electrons. The van der Waals surface area contributed by atoms with Gasteiger partial charge in [0.25, 0.3) is 5.89 Å². The normalized spacial score (nSPS) is 11.7. The molecule has 0 aliphatic carbocycles. The highest BCUT2D eigenvalue weighted by Crippen LogP contribution is 2.39. The van der Waals surface area contributed by atoms with Gasteiger partial charge in [0, 0.05) is 12.4 Å². The van der Waals surface area contributed by atoms with E-state index in [1.807, 2.05) is 0 Å². The first kappa shape index (κ1) is 15.0. The molecule has 0 saturated heterocycles. The number of hydrogen-bond acceptors (Lipinski definition) is 7. The zero-order valence-corrected chi connectivity index (χ0v) is 11.9. The van der Waals surface area contributed by atoms with E-state index in [1.165, 1.54) is 26.4 Å². The third-order valence-corrected chi connectivity index (χ3v) is 2.99. The second-order valence-electron chi connectivity index (χ2n) is 4.46. The summed E-state index contributed by atoms with van der Waals surface area (Å²) in [4.78, 5) is 11.7. The minimum Gasteiger partial charge on any atom is -0.468 e. The van der Waals surface area contributed by atoms with Gasteiger partial charge in [0.05, 0.1) is 18.2 Å². The third-order valence-electron chi connectivity index (χ3n) is 2.99. The highest BCUT2D eigenvalue weighted by molar-refractivity contribution is 5.64. The number of alkyl halides is 3. The first-order valence-corrected chi connectivity index (χ1v) is 6.26. The van der Waals surface area contributed by atoms with E-state index in [0.717, 1.165) is 0 Å². The number of nitrogens with zero attached hydrogens (tertiary/aromatic N) is 4. The maximum atomic E-state index is 13.0. The van der Waals surface area contributed by atoms with Gasteiger partial charge in [0.2, 0.25) is 5.82 Å². The Labute approximate surface area is 127 Å². The topological polar surface area (TPSA) is 87.1 Å². The van der Waals surface area contributed by atoms with Gasteiger partial charge < -0.3 is 13.7 Å². The van der Waals surface area contributed by atoms with Gasteiger partial charge in [0.15, 0.2) is 0 Å². The molecule has 3 rings (SSSR count). The van der Waals surface area contributed by atoms with Crippen molar-refractivity contribution >= 4 is 0 Å². The number of halogens is 3. The number of aromatic nitrogens is 4. The average molecular weight is 326 g/mol. The minimum absolute atomic E-state index is 0.0172. The molecule has 120 valence electrons. The monoisotopic (exact) mass is 326 g/mol. The Morgan fingerprint density at radius 1 is 1.17 bits per heavy atom. The fourth-order valence-corrected chi connectivity index (χ4v) is 1.92. The molecule has 7 nitrogen and oxygen atoms in total. The maximum absolute atomic E-state index is 13.0. The van der Waals surface area contributed by atoms with Crippen molar-refractivity contribution < 1.29 is 26.8 Å². The summed E-state index contributed by atoms with van der Waals surface area (Å²) in [6.07, 6.45) is -1.25. The molecule has 0 spiro atoms. The van der Waals surface area contributed by atoms with Gasteiger partial charge in [-0.3, -0.25) is 0 Å². The van der Waals surface area contributed by atoms with Gasteiger partial charge in [-0.2, -0.15) is 18.2 Å². The first-order chi connectivity index (χ1) is 10.9. The highest BCUT2D eigenvalue weighted by atomic mass is 19.4. The van der Waals surface area contributed by atoms with Crippen LogP contribution in [0.25, 0.3) is 22.8 Å². The van der Waals surface area contributed by atoms with Crippen molar-refractivity contribution in [3.05, 3.63) is 30.0 Å². The molecule has 10 heteroatoms. The van der Waals surface area contributed by atoms with Gasteiger partial charge >= 0.3 is 12.2 Å². The summed E-state index contributed by atoms with van der Waals surface area (Å²) in [5, 5.41) is 3.58. The van der Waals surface area contributed by atoms with Crippen LogP contribution in [0.4, 0.5) is 13.2 Å². The molecule has 0 aliphatic rings. The lowest BCUT2D eigenvalue weighted by Gasteiger charge is -2.04. The van der Waals surface area contributed by atoms with E-state index in [2.05, 4.69) is 20.1 Å². The largest absolute Gasteiger partial charge is 0.468 e. The first-order valence-electron chi connectivity index (χ1n) is 6.26. The van der Waals surface area contributed by atoms with Gasteiger partial charge in [-0.15, -0.1) is 0 Å². The summed E-state index contributed by atoms with van der Waals surface area (Å²) in [7, 11) is 1.40. The van der Waals surface area contributed by atoms with Crippen LogP contribution in [0.1, 0.15) is 11.3 Å². The molecule has 0 aromatic carbocycles. The Bertz CT molecular complexity index is 824. The van der Waals surface area contributed by atoms with Crippen molar-refractivity contribution in [3.8, 4) is 28.9 Å². The Balaban J connectivity index is 2.01. The molecule has 3 aromatic heterocycles. The zero-order valence-electron chi connectivity index (χ0n) is 11.9. The van der Waals surface area contributed by atoms with E-state index in [-0.39, 0.29) is 29.0 Å². The van der Waals surface area contributed by atoms with Crippen molar-refractivity contribution in [3.63, 3.8) is 0 Å². The molecule has 0 N–H and O–H groups in total. The molecule has 0 fully saturated rings. The van der Waals surface area contributed by atoms with E-state index in [0.29, 0.717) is 11.8 Å². The van der Waals surface area contributed by atoms with Crippen molar-refractivity contribution in [2.45, 2.75) is 13.1 Å². The Morgan fingerprint density at radius 2 is 1.87 bits per heavy atom. The van der Waals surface area contributed by atoms with Crippen LogP contribution >= 0.6 is 0 Å². The van der Waals surface area contributed by atoms with Crippen LogP contribution in [0.15, 0.2) is 27.6 Å². The lowest BCUT2D eigenvalue weighted by Crippen LogP contribution is -2.05. The van der Waals surface area contributed by atoms with Gasteiger partial charge in [0.1, 0.15) is 17.6 Å². The highest BCUT2D eigenvalue weighted by Gasteiger charge is 2.38. The minimum atomic E-state index is -4.59. The average Bonchev–Trinajstić information content (AvgIpc) is 3.13. The molecular weight excluding hydrogens is 317 g/mol. The van der Waals surface area contributed by atoms with Crippen LogP contribution in [0.2, 0.25) is 0 Å². The summed E-state index contributed by atoms with van der Waals surface area (Å²) in [5.74, 6) is -0.207. The molecule has 3 aromatic rings. The molecule has 0 atom stereocenters. The van der Waals surface area contributed by atoms with Crippen molar-refractivity contribution in [1.29, 1.82) is 0 Å². The van der Waals surface area contributed by atoms with Gasteiger partial charge in [-0.25, -0.2) is 9.97 Å². The van der Waals surface area contributed by atoms with Crippen LogP contribution < -0.4 is 4.74 Å². The molecule has 0 aliphatic heterocycles. The summed E-state index contributed by atoms with van der Waals surface area (Å²) < 4.78 is 53.6. The predicted octanol–water partition coefficient (Wildman–Crippen LogP) is 3.12. The fraction of sp³-hybridized carbons (Fsp3) is 0.231. The Hall–Kier alpha value is -2.91. The summed E-state index contributed by atoms with van der Waals surface area (Å²) in [6, 6.07) is 0.138. The Morgan fingerprint density at radius 3 is 2.48 bits per heavy atom. The van der Waals surface area contributed by atoms with Gasteiger partial charge in [-0.1, -0.05) is 5.16 Å². The maximum Gasteiger partial charge on any atom is 0.420 e. The molecule has 23 heavy (non-hydrogen) atoms. The van der Waals surface area contributed by atoms with Crippen molar-refractivity contribution in [2.24, 2.45) is 0 Å². The molecule has 0 bridgehead atoms. The van der Waals surface area contributed by atoms with Crippen LogP contribution in [-0.2, 0) is 6.18 Å². The van der Waals surface area contributed by atoms with Crippen molar-refractivity contribution in [1.82, 2.24) is 20.1 Å². The second-order valence-corrected chi connectivity index (χ2v) is 4.46. The molecule has 0 saturated carbocycles. The zero-order chi connectivity index (χ0) is 16.6. The quantitative estimate of drug-likeness (QED) is 0.730. The van der Waals surface area contributed by atoms with Crippen LogP contribution in [0, 0.1) is 6.92 Å². The smallest absolute Gasteiger partial charge is 0.420 e. The number of rotatable bonds is 3. The van der Waals surface area contributed by atoms with E-state index < -0.39 is 11.7 Å². The molecule has 0 amide bonds. The van der Waals surface area contributed by atoms with Crippen molar-refractivity contribution in [2.75, 3.05) is 7.11 Å². The fourth-order valence-electron chi connectivity index (χ4n) is 1.92. The third kappa shape index (κ3) is 2.74. The van der Waals surface area contributed by atoms with E-state index in [4.69, 9.17) is 13.7 Å². The number of furan rings is 1. The summed E-state index contributed by atoms with van der Waals surface area (Å²) in [6.45, 7) is 1.39. The predicted molar refractivity (Wildman–Crippen MR) is 69.3 cm³/mol. The lowest BCUT2D eigenvalue weighted by molar-refractivity contribution is -0.137. The number of hydrogen-bond donors (Lipinski definition) is 0. The summed E-state index contributed by atoms with van der Waals surface area (Å²) in [5.41, 5.74) is -0.880. The molecule has 0 unspecified atom stereocenters. The number of ether oxygens (including phenoxy) is 1. The molecule has 3 heterocycles. The Kier molecular flexibility index (Phi) is 3.51. The van der Waals surface area contributed by atoms with E-state index in [1.54, 1.807) is 0 Å². The van der Waals surface area contributed by atoms with Crippen LogP contribution in [-0.4, -0.2) is 27.2 Å². The second kappa shape index (κ2) is 5.38. The number of methoxy groups -OCH3 is 1. The lowest BCUT2D eigenvalue weighted by atomic mass is 10.1. The standard InChI is InChI=1S/C13H9F3N4O3/c1-6-9(8(5-22-6)13(14,15)16)10-19-11(23-20-10)7-3-17-12(21-2)18-4-7/h3-5H,1-2H3. The molecular formula is C13H9F3N4O3. The SMILES string of the molecule is COc1ncc(-c2nc(-c3c(C(F)(F)F)coc3C)no2)cn1. The number of aryl methyl sites for hydroxylation is 1. The van der Waals surface area contributed by atoms with E-state index >= 15 is 0 Å². The van der Waals surface area contributed by atoms with Gasteiger partial charge in [-0.05, 0) is 6.92 Å². The van der Waals surface area contributed by atoms with Crippen LogP contribution in [0.5, 0.6) is 6.01 Å². The van der Waals surface area contributed by atoms with Crippen LogP contribution in [0.3, 0.4) is 0 Å². The summed E-state index contributed by atoms with van der Waals surface area (Å²) >= 11 is 0.